The Bertz CT molecular complexity index is 545. The van der Waals surface area contributed by atoms with Crippen molar-refractivity contribution in [2.45, 2.75) is 6.92 Å². The molecule has 2 rings (SSSR count). The second-order valence-electron chi connectivity index (χ2n) is 3.68. The Labute approximate surface area is 99.2 Å². The van der Waals surface area contributed by atoms with E-state index < -0.39 is 0 Å². The van der Waals surface area contributed by atoms with E-state index in [9.17, 15) is 0 Å². The summed E-state index contributed by atoms with van der Waals surface area (Å²) in [5, 5.41) is 8.10. The number of hydrogen-bond donors (Lipinski definition) is 2. The zero-order valence-corrected chi connectivity index (χ0v) is 9.46. The third-order valence-corrected chi connectivity index (χ3v) is 2.23. The number of hydrogen-bond acceptors (Lipinski definition) is 5. The van der Waals surface area contributed by atoms with Gasteiger partial charge < -0.3 is 11.5 Å². The molecule has 0 aliphatic rings. The van der Waals surface area contributed by atoms with Crippen LogP contribution in [0.4, 0.5) is 23.0 Å². The number of nitrogen functional groups attached to an aromatic ring is 2. The zero-order valence-electron chi connectivity index (χ0n) is 9.46. The number of rotatable bonds is 2. The highest BCUT2D eigenvalue weighted by Gasteiger charge is 1.99. The van der Waals surface area contributed by atoms with Gasteiger partial charge in [-0.05, 0) is 31.2 Å². The minimum atomic E-state index is 0.279. The molecule has 0 aliphatic carbocycles. The van der Waals surface area contributed by atoms with Crippen LogP contribution < -0.4 is 11.5 Å². The maximum absolute atomic E-state index is 5.66. The first kappa shape index (κ1) is 11.1. The molecule has 0 radical (unpaired) electrons. The molecule has 0 amide bonds. The Balaban J connectivity index is 2.23. The Morgan fingerprint density at radius 2 is 1.65 bits per heavy atom. The number of aryl methyl sites for hydroxylation is 1. The lowest BCUT2D eigenvalue weighted by molar-refractivity contribution is 1.20. The van der Waals surface area contributed by atoms with Crippen LogP contribution in [0.5, 0.6) is 0 Å². The molecule has 0 atom stereocenters. The first-order valence-corrected chi connectivity index (χ1v) is 5.15. The van der Waals surface area contributed by atoms with E-state index >= 15 is 0 Å². The van der Waals surface area contributed by atoms with E-state index in [1.165, 1.54) is 5.56 Å². The van der Waals surface area contributed by atoms with E-state index in [0.29, 0.717) is 11.5 Å². The van der Waals surface area contributed by atoms with E-state index in [1.807, 2.05) is 31.2 Å². The molecule has 4 N–H and O–H groups in total. The van der Waals surface area contributed by atoms with Gasteiger partial charge in [0.25, 0.3) is 0 Å². The average molecular weight is 227 g/mol. The van der Waals surface area contributed by atoms with Gasteiger partial charge in [0.05, 0.1) is 5.69 Å². The smallest absolute Gasteiger partial charge is 0.153 e. The molecule has 0 bridgehead atoms. The molecule has 2 aromatic rings. The van der Waals surface area contributed by atoms with Crippen LogP contribution in [0, 0.1) is 6.92 Å². The molecule has 0 saturated carbocycles. The molecule has 1 aromatic heterocycles. The number of nitrogens with two attached hydrogens (primary N) is 2. The van der Waals surface area contributed by atoms with E-state index in [2.05, 4.69) is 15.2 Å². The third-order valence-electron chi connectivity index (χ3n) is 2.23. The fourth-order valence-electron chi connectivity index (χ4n) is 1.29. The second-order valence-corrected chi connectivity index (χ2v) is 3.68. The molecular weight excluding hydrogens is 214 g/mol. The standard InChI is InChI=1S/C12H13N5/c1-8-2-4-9(5-3-8)16-17-10-6-7-11(13)15-12(10)14/h2-7H,1H3,(H4,13,14,15)/b17-16+. The molecule has 0 spiro atoms. The molecule has 0 saturated heterocycles. The Kier molecular flexibility index (Phi) is 3.00. The van der Waals surface area contributed by atoms with Crippen molar-refractivity contribution in [3.05, 3.63) is 42.0 Å². The largest absolute Gasteiger partial charge is 0.384 e. The van der Waals surface area contributed by atoms with Crippen LogP contribution in [0.2, 0.25) is 0 Å². The van der Waals surface area contributed by atoms with Crippen molar-refractivity contribution in [3.8, 4) is 0 Å². The third kappa shape index (κ3) is 2.78. The summed E-state index contributed by atoms with van der Waals surface area (Å²) in [7, 11) is 0. The van der Waals surface area contributed by atoms with Crippen molar-refractivity contribution in [2.24, 2.45) is 10.2 Å². The highest BCUT2D eigenvalue weighted by atomic mass is 15.1. The van der Waals surface area contributed by atoms with Crippen LogP contribution in [-0.2, 0) is 0 Å². The van der Waals surface area contributed by atoms with E-state index in [4.69, 9.17) is 11.5 Å². The zero-order chi connectivity index (χ0) is 12.3. The van der Waals surface area contributed by atoms with Crippen LogP contribution in [0.1, 0.15) is 5.56 Å². The summed E-state index contributed by atoms with van der Waals surface area (Å²) in [5.41, 5.74) is 13.6. The minimum absolute atomic E-state index is 0.279. The quantitative estimate of drug-likeness (QED) is 0.773. The molecular formula is C12H13N5. The minimum Gasteiger partial charge on any atom is -0.384 e. The van der Waals surface area contributed by atoms with Crippen LogP contribution >= 0.6 is 0 Å². The number of anilines is 2. The molecule has 0 fully saturated rings. The highest BCUT2D eigenvalue weighted by molar-refractivity contribution is 5.60. The van der Waals surface area contributed by atoms with Crippen LogP contribution in [0.15, 0.2) is 46.6 Å². The lowest BCUT2D eigenvalue weighted by atomic mass is 10.2. The van der Waals surface area contributed by atoms with Gasteiger partial charge in [0.15, 0.2) is 5.82 Å². The van der Waals surface area contributed by atoms with E-state index in [0.717, 1.165) is 5.69 Å². The van der Waals surface area contributed by atoms with Crippen LogP contribution in [0.25, 0.3) is 0 Å². The van der Waals surface area contributed by atoms with Gasteiger partial charge in [-0.2, -0.15) is 5.11 Å². The van der Waals surface area contributed by atoms with Crippen LogP contribution in [-0.4, -0.2) is 4.98 Å². The van der Waals surface area contributed by atoms with Gasteiger partial charge in [-0.3, -0.25) is 0 Å². The van der Waals surface area contributed by atoms with Gasteiger partial charge in [-0.15, -0.1) is 5.11 Å². The number of nitrogens with zero attached hydrogens (tertiary/aromatic N) is 3. The van der Waals surface area contributed by atoms with E-state index in [1.54, 1.807) is 12.1 Å². The number of pyridine rings is 1. The predicted molar refractivity (Wildman–Crippen MR) is 68.4 cm³/mol. The summed E-state index contributed by atoms with van der Waals surface area (Å²) in [6.07, 6.45) is 0. The number of benzene rings is 1. The van der Waals surface area contributed by atoms with Gasteiger partial charge in [0.1, 0.15) is 11.5 Å². The predicted octanol–water partition coefficient (Wildman–Crippen LogP) is 2.97. The fourth-order valence-corrected chi connectivity index (χ4v) is 1.29. The van der Waals surface area contributed by atoms with Crippen molar-refractivity contribution in [1.82, 2.24) is 4.98 Å². The molecule has 0 unspecified atom stereocenters. The molecule has 5 heteroatoms. The molecule has 1 heterocycles. The van der Waals surface area contributed by atoms with E-state index in [-0.39, 0.29) is 5.82 Å². The second kappa shape index (κ2) is 4.61. The number of azo groups is 1. The molecule has 0 aliphatic heterocycles. The Hall–Kier alpha value is -2.43. The maximum Gasteiger partial charge on any atom is 0.153 e. The van der Waals surface area contributed by atoms with Crippen molar-refractivity contribution < 1.29 is 0 Å². The maximum atomic E-state index is 5.66. The highest BCUT2D eigenvalue weighted by Crippen LogP contribution is 2.23. The summed E-state index contributed by atoms with van der Waals surface area (Å²) in [6.45, 7) is 2.02. The SMILES string of the molecule is Cc1ccc(/N=N/c2ccc(N)nc2N)cc1. The summed E-state index contributed by atoms with van der Waals surface area (Å²) >= 11 is 0. The van der Waals surface area contributed by atoms with Gasteiger partial charge in [-0.25, -0.2) is 4.98 Å². The Morgan fingerprint density at radius 3 is 2.29 bits per heavy atom. The van der Waals surface area contributed by atoms with Crippen molar-refractivity contribution >= 4 is 23.0 Å². The average Bonchev–Trinajstić information content (AvgIpc) is 2.30. The molecule has 86 valence electrons. The van der Waals surface area contributed by atoms with Crippen molar-refractivity contribution in [2.75, 3.05) is 11.5 Å². The fraction of sp³-hybridized carbons (Fsp3) is 0.0833. The topological polar surface area (TPSA) is 89.6 Å². The number of aromatic nitrogens is 1. The lowest BCUT2D eigenvalue weighted by Crippen LogP contribution is -1.95. The summed E-state index contributed by atoms with van der Waals surface area (Å²) < 4.78 is 0. The first-order valence-electron chi connectivity index (χ1n) is 5.15. The van der Waals surface area contributed by atoms with Gasteiger partial charge >= 0.3 is 0 Å². The van der Waals surface area contributed by atoms with Gasteiger partial charge in [-0.1, -0.05) is 17.7 Å². The van der Waals surface area contributed by atoms with Gasteiger partial charge in [0, 0.05) is 0 Å². The lowest BCUT2D eigenvalue weighted by Gasteiger charge is -1.99. The molecule has 5 nitrogen and oxygen atoms in total. The monoisotopic (exact) mass is 227 g/mol. The molecule has 1 aromatic carbocycles. The Morgan fingerprint density at radius 1 is 0.941 bits per heavy atom. The summed E-state index contributed by atoms with van der Waals surface area (Å²) in [5.74, 6) is 0.651. The first-order chi connectivity index (χ1) is 8.15. The van der Waals surface area contributed by atoms with Crippen molar-refractivity contribution in [1.29, 1.82) is 0 Å². The summed E-state index contributed by atoms with van der Waals surface area (Å²) in [4.78, 5) is 3.90. The van der Waals surface area contributed by atoms with Crippen molar-refractivity contribution in [3.63, 3.8) is 0 Å². The van der Waals surface area contributed by atoms with Gasteiger partial charge in [0.2, 0.25) is 0 Å². The molecule has 17 heavy (non-hydrogen) atoms. The summed E-state index contributed by atoms with van der Waals surface area (Å²) in [6, 6.07) is 11.0. The van der Waals surface area contributed by atoms with Crippen LogP contribution in [0.3, 0.4) is 0 Å². The normalized spacial score (nSPS) is 10.9.